The lowest BCUT2D eigenvalue weighted by molar-refractivity contribution is 0.742. The Morgan fingerprint density at radius 3 is 2.29 bits per heavy atom. The van der Waals surface area contributed by atoms with E-state index in [9.17, 15) is 0 Å². The van der Waals surface area contributed by atoms with Gasteiger partial charge in [0, 0.05) is 6.04 Å². The molecule has 2 nitrogen and oxygen atoms in total. The van der Waals surface area contributed by atoms with Gasteiger partial charge in [0.1, 0.15) is 0 Å². The van der Waals surface area contributed by atoms with Gasteiger partial charge in [-0.1, -0.05) is 29.3 Å². The minimum absolute atomic E-state index is 0.136. The van der Waals surface area contributed by atoms with Crippen molar-refractivity contribution in [3.63, 3.8) is 0 Å². The summed E-state index contributed by atoms with van der Waals surface area (Å²) in [5, 5.41) is 0.874. The van der Waals surface area contributed by atoms with E-state index in [1.807, 2.05) is 0 Å². The van der Waals surface area contributed by atoms with E-state index in [4.69, 9.17) is 34.7 Å². The third-order valence-electron chi connectivity index (χ3n) is 1.95. The molecule has 0 heterocycles. The molecule has 0 unspecified atom stereocenters. The molecular weight excluding hydrogens is 219 g/mol. The standard InChI is InChI=1S/C10H12Cl2N2/c1-2-3-9(13)6-4-7(11)10(14)8(12)5-6/h2,4-5,9H,1,3,13-14H2/t9-/m1/s1. The average Bonchev–Trinajstić information content (AvgIpc) is 2.13. The number of nitrogens with two attached hydrogens (primary N) is 2. The summed E-state index contributed by atoms with van der Waals surface area (Å²) in [6.07, 6.45) is 2.43. The summed E-state index contributed by atoms with van der Waals surface area (Å²) in [6, 6.07) is 3.33. The Bertz CT molecular complexity index is 327. The van der Waals surface area contributed by atoms with Gasteiger partial charge in [-0.3, -0.25) is 0 Å². The SMILES string of the molecule is C=CC[C@@H](N)c1cc(Cl)c(N)c(Cl)c1. The number of halogens is 2. The molecule has 14 heavy (non-hydrogen) atoms. The highest BCUT2D eigenvalue weighted by atomic mass is 35.5. The molecule has 0 aromatic heterocycles. The molecule has 1 aromatic carbocycles. The van der Waals surface area contributed by atoms with Crippen LogP contribution in [-0.2, 0) is 0 Å². The van der Waals surface area contributed by atoms with Crippen molar-refractivity contribution in [2.75, 3.05) is 5.73 Å². The van der Waals surface area contributed by atoms with Crippen LogP contribution in [0.1, 0.15) is 18.0 Å². The van der Waals surface area contributed by atoms with Crippen molar-refractivity contribution >= 4 is 28.9 Å². The first kappa shape index (κ1) is 11.4. The normalized spacial score (nSPS) is 12.5. The molecule has 0 saturated heterocycles. The highest BCUT2D eigenvalue weighted by Gasteiger charge is 2.09. The van der Waals surface area contributed by atoms with E-state index in [0.29, 0.717) is 22.2 Å². The largest absolute Gasteiger partial charge is 0.396 e. The van der Waals surface area contributed by atoms with Crippen molar-refractivity contribution in [3.05, 3.63) is 40.4 Å². The second-order valence-corrected chi connectivity index (χ2v) is 3.84. The Labute approximate surface area is 93.5 Å². The predicted octanol–water partition coefficient (Wildman–Crippen LogP) is 3.15. The van der Waals surface area contributed by atoms with Gasteiger partial charge in [-0.2, -0.15) is 0 Å². The van der Waals surface area contributed by atoms with Gasteiger partial charge in [-0.05, 0) is 24.1 Å². The van der Waals surface area contributed by atoms with Gasteiger partial charge < -0.3 is 11.5 Å². The first-order valence-electron chi connectivity index (χ1n) is 4.17. The first-order valence-corrected chi connectivity index (χ1v) is 4.92. The van der Waals surface area contributed by atoms with Gasteiger partial charge in [-0.15, -0.1) is 6.58 Å². The predicted molar refractivity (Wildman–Crippen MR) is 62.6 cm³/mol. The number of nitrogen functional groups attached to an aromatic ring is 1. The molecule has 1 atom stereocenters. The Morgan fingerprint density at radius 1 is 1.36 bits per heavy atom. The second-order valence-electron chi connectivity index (χ2n) is 3.03. The first-order chi connectivity index (χ1) is 6.56. The van der Waals surface area contributed by atoms with Crippen LogP contribution in [0.15, 0.2) is 24.8 Å². The van der Waals surface area contributed by atoms with Gasteiger partial charge in [-0.25, -0.2) is 0 Å². The van der Waals surface area contributed by atoms with E-state index in [2.05, 4.69) is 6.58 Å². The van der Waals surface area contributed by atoms with Crippen LogP contribution in [0.2, 0.25) is 10.0 Å². The van der Waals surface area contributed by atoms with Crippen molar-refractivity contribution in [2.45, 2.75) is 12.5 Å². The van der Waals surface area contributed by atoms with Crippen molar-refractivity contribution in [1.29, 1.82) is 0 Å². The summed E-state index contributed by atoms with van der Waals surface area (Å²) in [5.74, 6) is 0. The fourth-order valence-corrected chi connectivity index (χ4v) is 1.64. The van der Waals surface area contributed by atoms with Gasteiger partial charge in [0.15, 0.2) is 0 Å². The Hall–Kier alpha value is -0.700. The zero-order valence-electron chi connectivity index (χ0n) is 7.63. The molecule has 0 spiro atoms. The van der Waals surface area contributed by atoms with E-state index < -0.39 is 0 Å². The Balaban J connectivity index is 3.05. The summed E-state index contributed by atoms with van der Waals surface area (Å²) in [4.78, 5) is 0. The fraction of sp³-hybridized carbons (Fsp3) is 0.200. The van der Waals surface area contributed by atoms with Crippen LogP contribution in [0.5, 0.6) is 0 Å². The molecule has 4 heteroatoms. The number of hydrogen-bond acceptors (Lipinski definition) is 2. The maximum absolute atomic E-state index is 5.87. The molecule has 0 bridgehead atoms. The van der Waals surface area contributed by atoms with E-state index in [1.165, 1.54) is 0 Å². The molecule has 0 aliphatic rings. The molecule has 0 amide bonds. The lowest BCUT2D eigenvalue weighted by atomic mass is 10.0. The highest BCUT2D eigenvalue weighted by Crippen LogP contribution is 2.31. The van der Waals surface area contributed by atoms with E-state index >= 15 is 0 Å². The molecule has 0 radical (unpaired) electrons. The van der Waals surface area contributed by atoms with Gasteiger partial charge in [0.25, 0.3) is 0 Å². The molecule has 0 aliphatic heterocycles. The molecule has 1 aromatic rings. The maximum Gasteiger partial charge on any atom is 0.0693 e. The van der Waals surface area contributed by atoms with Crippen LogP contribution in [0.25, 0.3) is 0 Å². The third-order valence-corrected chi connectivity index (χ3v) is 2.58. The number of benzene rings is 1. The Morgan fingerprint density at radius 2 is 1.86 bits per heavy atom. The molecule has 76 valence electrons. The lowest BCUT2D eigenvalue weighted by Gasteiger charge is -2.11. The quantitative estimate of drug-likeness (QED) is 0.620. The molecule has 0 saturated carbocycles. The van der Waals surface area contributed by atoms with Crippen molar-refractivity contribution in [1.82, 2.24) is 0 Å². The fourth-order valence-electron chi connectivity index (χ4n) is 1.13. The number of anilines is 1. The molecule has 0 aliphatic carbocycles. The third kappa shape index (κ3) is 2.41. The van der Waals surface area contributed by atoms with Crippen LogP contribution >= 0.6 is 23.2 Å². The number of hydrogen-bond donors (Lipinski definition) is 2. The lowest BCUT2D eigenvalue weighted by Crippen LogP contribution is -2.09. The van der Waals surface area contributed by atoms with E-state index in [1.54, 1.807) is 18.2 Å². The summed E-state index contributed by atoms with van der Waals surface area (Å²) in [5.41, 5.74) is 12.7. The smallest absolute Gasteiger partial charge is 0.0693 e. The summed E-state index contributed by atoms with van der Waals surface area (Å²) in [7, 11) is 0. The van der Waals surface area contributed by atoms with E-state index in [0.717, 1.165) is 5.56 Å². The summed E-state index contributed by atoms with van der Waals surface area (Å²) < 4.78 is 0. The topological polar surface area (TPSA) is 52.0 Å². The molecule has 0 fully saturated rings. The zero-order valence-corrected chi connectivity index (χ0v) is 9.15. The molecule has 1 rings (SSSR count). The summed E-state index contributed by atoms with van der Waals surface area (Å²) >= 11 is 11.7. The van der Waals surface area contributed by atoms with Gasteiger partial charge >= 0.3 is 0 Å². The van der Waals surface area contributed by atoms with Crippen molar-refractivity contribution in [2.24, 2.45) is 5.73 Å². The van der Waals surface area contributed by atoms with Crippen LogP contribution in [0, 0.1) is 0 Å². The van der Waals surface area contributed by atoms with Gasteiger partial charge in [0.2, 0.25) is 0 Å². The minimum Gasteiger partial charge on any atom is -0.396 e. The maximum atomic E-state index is 5.87. The zero-order chi connectivity index (χ0) is 10.7. The minimum atomic E-state index is -0.136. The van der Waals surface area contributed by atoms with Crippen LogP contribution in [-0.4, -0.2) is 0 Å². The summed E-state index contributed by atoms with van der Waals surface area (Å²) in [6.45, 7) is 3.62. The van der Waals surface area contributed by atoms with Crippen LogP contribution in [0.3, 0.4) is 0 Å². The van der Waals surface area contributed by atoms with Crippen molar-refractivity contribution in [3.8, 4) is 0 Å². The van der Waals surface area contributed by atoms with Crippen LogP contribution in [0.4, 0.5) is 5.69 Å². The Kier molecular flexibility index (Phi) is 3.81. The average molecular weight is 231 g/mol. The second kappa shape index (κ2) is 4.69. The van der Waals surface area contributed by atoms with Crippen molar-refractivity contribution < 1.29 is 0 Å². The monoisotopic (exact) mass is 230 g/mol. The molecular formula is C10H12Cl2N2. The molecule has 4 N–H and O–H groups in total. The van der Waals surface area contributed by atoms with E-state index in [-0.39, 0.29) is 6.04 Å². The van der Waals surface area contributed by atoms with Crippen LogP contribution < -0.4 is 11.5 Å². The highest BCUT2D eigenvalue weighted by molar-refractivity contribution is 6.38. The number of rotatable bonds is 3. The van der Waals surface area contributed by atoms with Gasteiger partial charge in [0.05, 0.1) is 15.7 Å².